The lowest BCUT2D eigenvalue weighted by molar-refractivity contribution is -0.266. The number of cyclic esters (lactones) is 1. The first-order chi connectivity index (χ1) is 35.8. The molecule has 15 atom stereocenters. The van der Waals surface area contributed by atoms with Crippen LogP contribution in [0, 0.1) is 35.5 Å². The van der Waals surface area contributed by atoms with Crippen LogP contribution in [0.4, 0.5) is 0 Å². The van der Waals surface area contributed by atoms with Gasteiger partial charge in [-0.2, -0.15) is 0 Å². The van der Waals surface area contributed by atoms with Gasteiger partial charge in [0, 0.05) is 58.5 Å². The highest BCUT2D eigenvalue weighted by atomic mass is 16.6. The van der Waals surface area contributed by atoms with Crippen molar-refractivity contribution < 1.29 is 76.8 Å². The monoisotopic (exact) mass is 1060 g/mol. The van der Waals surface area contributed by atoms with Crippen LogP contribution in [0.1, 0.15) is 126 Å². The first-order valence-electron chi connectivity index (χ1n) is 27.7. The molecule has 4 heterocycles. The molecule has 1 saturated carbocycles. The van der Waals surface area contributed by atoms with Gasteiger partial charge in [0.25, 0.3) is 11.7 Å². The summed E-state index contributed by atoms with van der Waals surface area (Å²) in [5.41, 5.74) is 1.25. The van der Waals surface area contributed by atoms with Crippen LogP contribution in [0.15, 0.2) is 47.6 Å². The molecule has 2 bridgehead atoms. The van der Waals surface area contributed by atoms with Gasteiger partial charge in [-0.05, 0) is 107 Å². The molecule has 5 rings (SSSR count). The summed E-state index contributed by atoms with van der Waals surface area (Å²) in [5.74, 6) is -8.03. The fourth-order valence-electron chi connectivity index (χ4n) is 11.2. The van der Waals surface area contributed by atoms with Gasteiger partial charge in [-0.3, -0.25) is 19.2 Å². The molecule has 0 radical (unpaired) electrons. The number of hydrogen-bond donors (Lipinski definition) is 2. The van der Waals surface area contributed by atoms with Gasteiger partial charge >= 0.3 is 5.97 Å². The zero-order chi connectivity index (χ0) is 54.8. The summed E-state index contributed by atoms with van der Waals surface area (Å²) in [6.45, 7) is 15.4. The van der Waals surface area contributed by atoms with Crippen molar-refractivity contribution in [3.05, 3.63) is 47.6 Å². The van der Waals surface area contributed by atoms with Crippen molar-refractivity contribution in [2.24, 2.45) is 35.5 Å². The molecule has 4 aliphatic heterocycles. The number of aliphatic hydroxyl groups excluding tert-OH is 1. The van der Waals surface area contributed by atoms with Gasteiger partial charge in [-0.1, -0.05) is 71.1 Å². The Kier molecular flexibility index (Phi) is 25.4. The van der Waals surface area contributed by atoms with E-state index in [4.69, 9.17) is 42.6 Å². The minimum atomic E-state index is -2.47. The fraction of sp³-hybridized carbons (Fsp3) is 0.776. The van der Waals surface area contributed by atoms with Gasteiger partial charge in [0.2, 0.25) is 5.79 Å². The molecule has 0 spiro atoms. The Hall–Kier alpha value is -3.49. The van der Waals surface area contributed by atoms with E-state index in [9.17, 15) is 34.2 Å². The number of allylic oxidation sites excluding steroid dienone is 6. The van der Waals surface area contributed by atoms with Crippen molar-refractivity contribution in [1.82, 2.24) is 4.90 Å². The number of ketones is 3. The molecule has 0 aromatic heterocycles. The highest BCUT2D eigenvalue weighted by Gasteiger charge is 2.53. The first-order valence-corrected chi connectivity index (χ1v) is 27.7. The molecular formula is C58H91NO16. The number of carbonyl (C=O) groups is 5. The van der Waals surface area contributed by atoms with Crippen molar-refractivity contribution in [1.29, 1.82) is 0 Å². The van der Waals surface area contributed by atoms with E-state index in [0.29, 0.717) is 83.6 Å². The van der Waals surface area contributed by atoms with Crippen LogP contribution in [-0.4, -0.2) is 173 Å². The third kappa shape index (κ3) is 17.8. The number of amides is 1. The zero-order valence-corrected chi connectivity index (χ0v) is 46.6. The highest BCUT2D eigenvalue weighted by molar-refractivity contribution is 6.39. The molecule has 4 fully saturated rings. The molecule has 0 aromatic carbocycles. The molecule has 1 unspecified atom stereocenters. The lowest BCUT2D eigenvalue weighted by Gasteiger charge is -2.43. The molecule has 2 N–H and O–H groups in total. The zero-order valence-electron chi connectivity index (χ0n) is 46.6. The van der Waals surface area contributed by atoms with E-state index in [2.05, 4.69) is 0 Å². The third-order valence-electron chi connectivity index (χ3n) is 16.2. The number of rotatable bonds is 14. The minimum Gasteiger partial charge on any atom is -0.460 e. The number of hydrogen-bond acceptors (Lipinski definition) is 16. The van der Waals surface area contributed by atoms with Crippen LogP contribution in [0.5, 0.6) is 0 Å². The lowest BCUT2D eigenvalue weighted by atomic mass is 9.78. The quantitative estimate of drug-likeness (QED) is 0.0808. The smallest absolute Gasteiger partial charge is 0.329 e. The number of esters is 1. The number of Topliss-reactive ketones (excluding diaryl/α,β-unsaturated/α-hetero) is 3. The van der Waals surface area contributed by atoms with E-state index in [1.807, 2.05) is 58.1 Å². The summed E-state index contributed by atoms with van der Waals surface area (Å²) in [6, 6.07) is -1.15. The largest absolute Gasteiger partial charge is 0.460 e. The topological polar surface area (TPSA) is 212 Å². The maximum Gasteiger partial charge on any atom is 0.329 e. The van der Waals surface area contributed by atoms with Crippen molar-refractivity contribution in [3.63, 3.8) is 0 Å². The van der Waals surface area contributed by atoms with Crippen molar-refractivity contribution in [2.75, 3.05) is 67.5 Å². The molecule has 1 aliphatic carbocycles. The Balaban J connectivity index is 1.45. The maximum absolute atomic E-state index is 14.6. The SMILES string of the molecule is COCCO[C@@H]1CC[C@@H](C[C@@H](C)[C@@H]2CC(=O)[C@H](C)/C=C(\C)[C@@H](O)[C@@H](OC)C(=O)[C@H](C)C[C@H](C)/C=C/C=C/C=C(\C)C(OCCOC3COC3)C[C@@H]3CC[C@@H](C)[C@@](O)(O3)C(=O)C(=O)N3CCCC[C@H]3C(=O)O2)C[C@H]1OC. The highest BCUT2D eigenvalue weighted by Crippen LogP contribution is 2.38. The number of piperidine rings is 1. The van der Waals surface area contributed by atoms with Crippen molar-refractivity contribution in [2.45, 2.75) is 186 Å². The maximum atomic E-state index is 14.6. The van der Waals surface area contributed by atoms with E-state index in [1.54, 1.807) is 41.1 Å². The third-order valence-corrected chi connectivity index (χ3v) is 16.2. The van der Waals surface area contributed by atoms with Gasteiger partial charge in [0.15, 0.2) is 5.78 Å². The summed E-state index contributed by atoms with van der Waals surface area (Å²) in [5, 5.41) is 23.8. The molecule has 0 aromatic rings. The van der Waals surface area contributed by atoms with E-state index in [-0.39, 0.29) is 80.0 Å². The Morgan fingerprint density at radius 1 is 0.800 bits per heavy atom. The number of methoxy groups -OCH3 is 3. The molecule has 1 amide bonds. The summed E-state index contributed by atoms with van der Waals surface area (Å²) in [6.07, 6.45) is 12.1. The van der Waals surface area contributed by atoms with Gasteiger partial charge in [-0.15, -0.1) is 0 Å². The average molecular weight is 1060 g/mol. The molecular weight excluding hydrogens is 967 g/mol. The Morgan fingerprint density at radius 2 is 1.53 bits per heavy atom. The van der Waals surface area contributed by atoms with Crippen LogP contribution in [0.2, 0.25) is 0 Å². The number of nitrogens with zero attached hydrogens (tertiary/aromatic N) is 1. The van der Waals surface area contributed by atoms with Crippen LogP contribution in [0.25, 0.3) is 0 Å². The average Bonchev–Trinajstić information content (AvgIpc) is 3.37. The second-order valence-electron chi connectivity index (χ2n) is 22.1. The second kappa shape index (κ2) is 30.6. The minimum absolute atomic E-state index is 0.00305. The van der Waals surface area contributed by atoms with Gasteiger partial charge in [0.05, 0.1) is 64.1 Å². The second-order valence-corrected chi connectivity index (χ2v) is 22.1. The van der Waals surface area contributed by atoms with E-state index in [0.717, 1.165) is 18.4 Å². The van der Waals surface area contributed by atoms with Crippen LogP contribution in [-0.2, 0) is 66.6 Å². The predicted molar refractivity (Wildman–Crippen MR) is 280 cm³/mol. The number of carbonyl (C=O) groups excluding carboxylic acids is 5. The Labute approximate surface area is 446 Å². The summed E-state index contributed by atoms with van der Waals surface area (Å²) < 4.78 is 52.9. The van der Waals surface area contributed by atoms with Gasteiger partial charge < -0.3 is 57.7 Å². The first kappa shape index (κ1) is 62.4. The molecule has 75 heavy (non-hydrogen) atoms. The van der Waals surface area contributed by atoms with Crippen LogP contribution < -0.4 is 0 Å². The van der Waals surface area contributed by atoms with E-state index in [1.165, 1.54) is 12.0 Å². The summed E-state index contributed by atoms with van der Waals surface area (Å²) in [7, 11) is 4.68. The van der Waals surface area contributed by atoms with Gasteiger partial charge in [-0.25, -0.2) is 4.79 Å². The summed E-state index contributed by atoms with van der Waals surface area (Å²) >= 11 is 0. The molecule has 3 saturated heterocycles. The van der Waals surface area contributed by atoms with Gasteiger partial charge in [0.1, 0.15) is 36.2 Å². The lowest BCUT2D eigenvalue weighted by Crippen LogP contribution is -2.61. The standard InChI is InChI=1S/C58H91NO16/c1-36-16-12-11-13-17-37(2)49(73-27-26-71-45-34-70-35-45)32-44-21-19-42(7)58(66,75-44)55(63)56(64)59-23-15-14-18-46(59)57(65)74-50(39(4)30-43-20-22-48(51(31-43)68-9)72-25-24-67-8)33-47(60)38(3)29-41(6)53(62)54(69-10)52(61)40(5)28-36/h11-13,16-17,29,36,38-40,42-46,48-51,53-54,62,66H,14-15,18-28,30-35H2,1-10H3/b13-11+,16-12+,37-17+,41-29+/t36-,38-,39-,40-,42-,43+,44+,46+,48-,49?,50+,51-,53-,54+,58-/m1/s1. The number of fused-ring (bicyclic) bond motifs is 3. The van der Waals surface area contributed by atoms with E-state index < -0.39 is 77.8 Å². The number of aliphatic hydroxyl groups is 2. The fourth-order valence-corrected chi connectivity index (χ4v) is 11.2. The summed E-state index contributed by atoms with van der Waals surface area (Å²) in [4.78, 5) is 73.0. The van der Waals surface area contributed by atoms with E-state index >= 15 is 0 Å². The van der Waals surface area contributed by atoms with Crippen molar-refractivity contribution >= 4 is 29.2 Å². The normalized spacial score (nSPS) is 37.8. The van der Waals surface area contributed by atoms with Crippen molar-refractivity contribution in [3.8, 4) is 0 Å². The van der Waals surface area contributed by atoms with Crippen LogP contribution >= 0.6 is 0 Å². The molecule has 17 heteroatoms. The molecule has 424 valence electrons. The Morgan fingerprint density at radius 3 is 2.23 bits per heavy atom. The number of ether oxygens (including phenoxy) is 9. The predicted octanol–water partition coefficient (Wildman–Crippen LogP) is 6.64. The Bertz CT molecular complexity index is 1980. The van der Waals surface area contributed by atoms with Crippen LogP contribution in [0.3, 0.4) is 0 Å². The molecule has 17 nitrogen and oxygen atoms in total. The molecule has 5 aliphatic rings.